The number of benzene rings is 3. The van der Waals surface area contributed by atoms with Gasteiger partial charge < -0.3 is 14.2 Å². The molecule has 7 nitrogen and oxygen atoms in total. The number of carboxylic acid groups (broad SMARTS) is 1. The Morgan fingerprint density at radius 2 is 1.49 bits per heavy atom. The van der Waals surface area contributed by atoms with Crippen LogP contribution < -0.4 is 5.43 Å². The van der Waals surface area contributed by atoms with Crippen molar-refractivity contribution in [2.75, 3.05) is 0 Å². The topological polar surface area (TPSA) is 88.6 Å². The molecule has 0 saturated heterocycles. The van der Waals surface area contributed by atoms with E-state index in [0.29, 0.717) is 5.56 Å². The number of aryl methyl sites for hydroxylation is 2. The maximum absolute atomic E-state index is 12.8. The number of hydrogen-bond donors (Lipinski definition) is 2. The van der Waals surface area contributed by atoms with E-state index in [4.69, 9.17) is 0 Å². The number of carbonyl (C=O) groups is 2. The molecule has 3 aromatic carbocycles. The molecule has 2 N–H and O–H groups in total. The standard InChI is InChI=1S/C32H28N4O3/c1-21-12-17-30(24-8-5-4-6-9-24)36(21)28-15-13-25(14-16-28)31(37)34-33-20-27-18-22(2)35(23(27)3)29-11-7-10-26(19-29)32(38)39/h4-20H,1-3H3,(H,34,37)(H,38,39)/b33-20+. The Morgan fingerprint density at radius 3 is 2.21 bits per heavy atom. The third-order valence-electron chi connectivity index (χ3n) is 6.72. The highest BCUT2D eigenvalue weighted by Crippen LogP contribution is 2.26. The number of amides is 1. The van der Waals surface area contributed by atoms with Gasteiger partial charge in [-0.3, -0.25) is 4.79 Å². The molecule has 0 aliphatic rings. The Balaban J connectivity index is 1.31. The van der Waals surface area contributed by atoms with Crippen LogP contribution in [0.1, 0.15) is 43.4 Å². The van der Waals surface area contributed by atoms with Crippen LogP contribution in [0.25, 0.3) is 22.6 Å². The van der Waals surface area contributed by atoms with Gasteiger partial charge in [-0.25, -0.2) is 10.2 Å². The number of nitrogens with zero attached hydrogens (tertiary/aromatic N) is 3. The second-order valence-electron chi connectivity index (χ2n) is 9.32. The molecule has 5 aromatic rings. The van der Waals surface area contributed by atoms with Gasteiger partial charge in [0, 0.05) is 39.6 Å². The molecule has 0 radical (unpaired) electrons. The van der Waals surface area contributed by atoms with Crippen LogP contribution in [0.2, 0.25) is 0 Å². The minimum Gasteiger partial charge on any atom is -0.478 e. The summed E-state index contributed by atoms with van der Waals surface area (Å²) in [7, 11) is 0. The first-order valence-corrected chi connectivity index (χ1v) is 12.5. The highest BCUT2D eigenvalue weighted by Gasteiger charge is 2.13. The summed E-state index contributed by atoms with van der Waals surface area (Å²) in [4.78, 5) is 24.2. The lowest BCUT2D eigenvalue weighted by Crippen LogP contribution is -2.17. The number of carbonyl (C=O) groups excluding carboxylic acids is 1. The zero-order valence-corrected chi connectivity index (χ0v) is 21.9. The normalized spacial score (nSPS) is 11.2. The fourth-order valence-electron chi connectivity index (χ4n) is 4.80. The molecule has 0 aliphatic carbocycles. The maximum atomic E-state index is 12.8. The van der Waals surface area contributed by atoms with Crippen molar-refractivity contribution in [3.8, 4) is 22.6 Å². The first-order chi connectivity index (χ1) is 18.8. The maximum Gasteiger partial charge on any atom is 0.335 e. The van der Waals surface area contributed by atoms with E-state index in [0.717, 1.165) is 45.3 Å². The lowest BCUT2D eigenvalue weighted by atomic mass is 10.1. The SMILES string of the molecule is Cc1ccc(-c2ccccc2)n1-c1ccc(C(=O)N/N=C/c2cc(C)n(-c3cccc(C(=O)O)c3)c2C)cc1. The molecule has 0 unspecified atom stereocenters. The van der Waals surface area contributed by atoms with Crippen molar-refractivity contribution < 1.29 is 14.7 Å². The van der Waals surface area contributed by atoms with Gasteiger partial charge in [0.1, 0.15) is 0 Å². The van der Waals surface area contributed by atoms with Gasteiger partial charge >= 0.3 is 5.97 Å². The Morgan fingerprint density at radius 1 is 0.744 bits per heavy atom. The predicted molar refractivity (Wildman–Crippen MR) is 153 cm³/mol. The Bertz CT molecular complexity index is 1690. The van der Waals surface area contributed by atoms with Gasteiger partial charge in [-0.05, 0) is 87.0 Å². The third-order valence-corrected chi connectivity index (χ3v) is 6.72. The van der Waals surface area contributed by atoms with Crippen molar-refractivity contribution in [2.24, 2.45) is 5.10 Å². The largest absolute Gasteiger partial charge is 0.478 e. The summed E-state index contributed by atoms with van der Waals surface area (Å²) in [6.45, 7) is 5.92. The number of aromatic nitrogens is 2. The summed E-state index contributed by atoms with van der Waals surface area (Å²) < 4.78 is 4.12. The minimum atomic E-state index is -0.975. The van der Waals surface area contributed by atoms with Gasteiger partial charge in [0.25, 0.3) is 5.91 Å². The summed E-state index contributed by atoms with van der Waals surface area (Å²) in [6.07, 6.45) is 1.60. The number of rotatable bonds is 7. The molecule has 2 aromatic heterocycles. The average molecular weight is 517 g/mol. The van der Waals surface area contributed by atoms with Crippen molar-refractivity contribution in [3.05, 3.63) is 131 Å². The van der Waals surface area contributed by atoms with E-state index < -0.39 is 5.97 Å². The fourth-order valence-corrected chi connectivity index (χ4v) is 4.80. The van der Waals surface area contributed by atoms with E-state index >= 15 is 0 Å². The number of hydrazone groups is 1. The number of aromatic carboxylic acids is 1. The molecule has 0 saturated carbocycles. The summed E-state index contributed by atoms with van der Waals surface area (Å²) in [5.41, 5.74) is 11.0. The monoisotopic (exact) mass is 516 g/mol. The van der Waals surface area contributed by atoms with Crippen LogP contribution >= 0.6 is 0 Å². The second kappa shape index (κ2) is 10.7. The molecule has 39 heavy (non-hydrogen) atoms. The fraction of sp³-hybridized carbons (Fsp3) is 0.0938. The Labute approximate surface area is 226 Å². The average Bonchev–Trinajstić information content (AvgIpc) is 3.47. The molecule has 7 heteroatoms. The molecule has 2 heterocycles. The van der Waals surface area contributed by atoms with Crippen molar-refractivity contribution in [3.63, 3.8) is 0 Å². The smallest absolute Gasteiger partial charge is 0.335 e. The number of carboxylic acids is 1. The van der Waals surface area contributed by atoms with Gasteiger partial charge in [-0.2, -0.15) is 5.10 Å². The second-order valence-corrected chi connectivity index (χ2v) is 9.32. The van der Waals surface area contributed by atoms with Crippen molar-refractivity contribution in [2.45, 2.75) is 20.8 Å². The zero-order valence-electron chi connectivity index (χ0n) is 21.9. The van der Waals surface area contributed by atoms with E-state index in [2.05, 4.69) is 46.3 Å². The van der Waals surface area contributed by atoms with Crippen LogP contribution in [0.3, 0.4) is 0 Å². The van der Waals surface area contributed by atoms with Gasteiger partial charge in [0.15, 0.2) is 0 Å². The summed E-state index contributed by atoms with van der Waals surface area (Å²) in [5.74, 6) is -1.29. The molecular formula is C32H28N4O3. The minimum absolute atomic E-state index is 0.219. The molecule has 0 fully saturated rings. The molecule has 0 bridgehead atoms. The molecule has 0 spiro atoms. The van der Waals surface area contributed by atoms with E-state index in [1.54, 1.807) is 36.5 Å². The molecule has 0 aliphatic heterocycles. The Kier molecular flexibility index (Phi) is 6.97. The highest BCUT2D eigenvalue weighted by molar-refractivity contribution is 5.95. The van der Waals surface area contributed by atoms with Crippen LogP contribution in [0, 0.1) is 20.8 Å². The zero-order chi connectivity index (χ0) is 27.5. The predicted octanol–water partition coefficient (Wildman–Crippen LogP) is 6.32. The lowest BCUT2D eigenvalue weighted by molar-refractivity contribution is 0.0696. The van der Waals surface area contributed by atoms with Gasteiger partial charge in [-0.1, -0.05) is 36.4 Å². The quantitative estimate of drug-likeness (QED) is 0.196. The Hall–Kier alpha value is -5.17. The molecule has 5 rings (SSSR count). The number of nitrogens with one attached hydrogen (secondary N) is 1. The summed E-state index contributed by atoms with van der Waals surface area (Å²) in [5, 5.41) is 13.5. The first-order valence-electron chi connectivity index (χ1n) is 12.5. The van der Waals surface area contributed by atoms with E-state index in [1.165, 1.54) is 0 Å². The summed E-state index contributed by atoms with van der Waals surface area (Å²) in [6, 6.07) is 30.5. The molecule has 194 valence electrons. The van der Waals surface area contributed by atoms with Crippen LogP contribution in [-0.4, -0.2) is 32.3 Å². The van der Waals surface area contributed by atoms with E-state index in [-0.39, 0.29) is 11.5 Å². The van der Waals surface area contributed by atoms with Gasteiger partial charge in [0.2, 0.25) is 0 Å². The highest BCUT2D eigenvalue weighted by atomic mass is 16.4. The van der Waals surface area contributed by atoms with Crippen molar-refractivity contribution in [1.82, 2.24) is 14.6 Å². The number of hydrogen-bond acceptors (Lipinski definition) is 3. The first kappa shape index (κ1) is 25.5. The molecule has 0 atom stereocenters. The van der Waals surface area contributed by atoms with Crippen LogP contribution in [0.15, 0.2) is 102 Å². The van der Waals surface area contributed by atoms with E-state index in [1.807, 2.05) is 60.9 Å². The van der Waals surface area contributed by atoms with E-state index in [9.17, 15) is 14.7 Å². The van der Waals surface area contributed by atoms with Crippen LogP contribution in [0.4, 0.5) is 0 Å². The summed E-state index contributed by atoms with van der Waals surface area (Å²) >= 11 is 0. The van der Waals surface area contributed by atoms with Crippen LogP contribution in [-0.2, 0) is 0 Å². The third kappa shape index (κ3) is 5.15. The van der Waals surface area contributed by atoms with Crippen molar-refractivity contribution in [1.29, 1.82) is 0 Å². The van der Waals surface area contributed by atoms with Crippen LogP contribution in [0.5, 0.6) is 0 Å². The van der Waals surface area contributed by atoms with Gasteiger partial charge in [0.05, 0.1) is 17.5 Å². The van der Waals surface area contributed by atoms with Crippen molar-refractivity contribution >= 4 is 18.1 Å². The molecule has 1 amide bonds. The molecular weight excluding hydrogens is 488 g/mol. The van der Waals surface area contributed by atoms with Gasteiger partial charge in [-0.15, -0.1) is 0 Å². The lowest BCUT2D eigenvalue weighted by Gasteiger charge is -2.12.